The van der Waals surface area contributed by atoms with Crippen LogP contribution in [-0.4, -0.2) is 33.6 Å². The van der Waals surface area contributed by atoms with Crippen LogP contribution in [-0.2, 0) is 16.2 Å². The van der Waals surface area contributed by atoms with Gasteiger partial charge in [0.2, 0.25) is 5.13 Å². The Morgan fingerprint density at radius 3 is 2.41 bits per heavy atom. The molecule has 1 saturated heterocycles. The van der Waals surface area contributed by atoms with E-state index in [-0.39, 0.29) is 16.5 Å². The molecule has 1 amide bonds. The first kappa shape index (κ1) is 26.4. The molecule has 1 N–H and O–H groups in total. The van der Waals surface area contributed by atoms with E-state index in [4.69, 9.17) is 21.1 Å². The summed E-state index contributed by atoms with van der Waals surface area (Å²) < 4.78 is 11.9. The van der Waals surface area contributed by atoms with E-state index in [1.165, 1.54) is 16.2 Å². The first-order valence-electron chi connectivity index (χ1n) is 12.2. The topological polar surface area (TPSA) is 102 Å². The number of carbonyl (C=O) groups is 2. The number of Topliss-reactive ketones (excluding diaryl/α,β-unsaturated/α-hetero) is 1. The van der Waals surface area contributed by atoms with E-state index in [2.05, 4.69) is 10.2 Å². The molecule has 1 aliphatic heterocycles. The van der Waals surface area contributed by atoms with Crippen molar-refractivity contribution < 1.29 is 24.2 Å². The number of aliphatic hydroxyl groups is 1. The summed E-state index contributed by atoms with van der Waals surface area (Å²) >= 11 is 7.20. The molecule has 198 valence electrons. The van der Waals surface area contributed by atoms with Crippen LogP contribution in [0.4, 0.5) is 5.13 Å². The van der Waals surface area contributed by atoms with E-state index < -0.39 is 17.7 Å². The van der Waals surface area contributed by atoms with Crippen molar-refractivity contribution in [1.82, 2.24) is 10.2 Å². The zero-order valence-corrected chi connectivity index (χ0v) is 22.7. The summed E-state index contributed by atoms with van der Waals surface area (Å²) in [5.74, 6) is -1.01. The van der Waals surface area contributed by atoms with Crippen molar-refractivity contribution in [3.8, 4) is 11.5 Å². The lowest BCUT2D eigenvalue weighted by atomic mass is 9.95. The number of benzene rings is 3. The van der Waals surface area contributed by atoms with Crippen LogP contribution in [0.1, 0.15) is 34.7 Å². The smallest absolute Gasteiger partial charge is 0.301 e. The Kier molecular flexibility index (Phi) is 7.63. The van der Waals surface area contributed by atoms with E-state index in [0.29, 0.717) is 45.9 Å². The first-order chi connectivity index (χ1) is 18.9. The molecule has 2 heterocycles. The highest BCUT2D eigenvalue weighted by atomic mass is 35.5. The van der Waals surface area contributed by atoms with Gasteiger partial charge in [0.15, 0.2) is 11.5 Å². The SMILES string of the molecule is CCOc1cc(C2/C(=C(\O)c3ccc(Cl)cc3)C(=O)C(=O)N2c2nnc(C)s2)ccc1OCc1ccccc1. The van der Waals surface area contributed by atoms with Crippen LogP contribution < -0.4 is 14.4 Å². The van der Waals surface area contributed by atoms with Gasteiger partial charge in [-0.2, -0.15) is 0 Å². The lowest BCUT2D eigenvalue weighted by Gasteiger charge is -2.23. The highest BCUT2D eigenvalue weighted by Gasteiger charge is 2.48. The van der Waals surface area contributed by atoms with Crippen LogP contribution in [0.5, 0.6) is 11.5 Å². The molecule has 1 fully saturated rings. The summed E-state index contributed by atoms with van der Waals surface area (Å²) in [6.45, 7) is 4.31. The monoisotopic (exact) mass is 561 g/mol. The van der Waals surface area contributed by atoms with Gasteiger partial charge in [0.1, 0.15) is 17.4 Å². The number of aryl methyl sites for hydroxylation is 1. The molecule has 4 aromatic rings. The van der Waals surface area contributed by atoms with Crippen molar-refractivity contribution in [2.24, 2.45) is 0 Å². The van der Waals surface area contributed by atoms with Gasteiger partial charge in [-0.05, 0) is 61.4 Å². The molecular weight excluding hydrogens is 538 g/mol. The van der Waals surface area contributed by atoms with Gasteiger partial charge in [-0.25, -0.2) is 0 Å². The number of hydrogen-bond acceptors (Lipinski definition) is 8. The van der Waals surface area contributed by atoms with Gasteiger partial charge in [0, 0.05) is 10.6 Å². The maximum Gasteiger partial charge on any atom is 0.301 e. The summed E-state index contributed by atoms with van der Waals surface area (Å²) in [7, 11) is 0. The maximum absolute atomic E-state index is 13.4. The summed E-state index contributed by atoms with van der Waals surface area (Å²) in [6.07, 6.45) is 0. The van der Waals surface area contributed by atoms with Crippen molar-refractivity contribution >= 4 is 45.5 Å². The highest BCUT2D eigenvalue weighted by Crippen LogP contribution is 2.45. The number of rotatable bonds is 8. The third kappa shape index (κ3) is 5.36. The number of ether oxygens (including phenoxy) is 2. The van der Waals surface area contributed by atoms with E-state index in [0.717, 1.165) is 5.56 Å². The lowest BCUT2D eigenvalue weighted by molar-refractivity contribution is -0.132. The van der Waals surface area contributed by atoms with Crippen LogP contribution in [0, 0.1) is 6.92 Å². The minimum absolute atomic E-state index is 0.0735. The predicted molar refractivity (Wildman–Crippen MR) is 149 cm³/mol. The normalized spacial score (nSPS) is 16.5. The van der Waals surface area contributed by atoms with Gasteiger partial charge >= 0.3 is 5.91 Å². The second-order valence-corrected chi connectivity index (χ2v) is 10.3. The number of halogens is 1. The molecular formula is C29H24ClN3O5S. The fourth-order valence-corrected chi connectivity index (χ4v) is 5.15. The Morgan fingerprint density at radius 1 is 1.00 bits per heavy atom. The average molecular weight is 562 g/mol. The highest BCUT2D eigenvalue weighted by molar-refractivity contribution is 7.15. The third-order valence-corrected chi connectivity index (χ3v) is 7.19. The van der Waals surface area contributed by atoms with Crippen LogP contribution in [0.2, 0.25) is 5.02 Å². The van der Waals surface area contributed by atoms with E-state index in [9.17, 15) is 14.7 Å². The Morgan fingerprint density at radius 2 is 1.74 bits per heavy atom. The number of ketones is 1. The molecule has 1 unspecified atom stereocenters. The number of anilines is 1. The van der Waals surface area contributed by atoms with Crippen molar-refractivity contribution in [1.29, 1.82) is 0 Å². The van der Waals surface area contributed by atoms with E-state index in [1.54, 1.807) is 49.4 Å². The molecule has 1 aromatic heterocycles. The quantitative estimate of drug-likeness (QED) is 0.157. The number of carbonyl (C=O) groups excluding carboxylic acids is 2. The fraction of sp³-hybridized carbons (Fsp3) is 0.172. The van der Waals surface area contributed by atoms with Gasteiger partial charge in [0.05, 0.1) is 18.2 Å². The molecule has 1 aliphatic rings. The van der Waals surface area contributed by atoms with E-state index in [1.807, 2.05) is 37.3 Å². The van der Waals surface area contributed by atoms with Crippen LogP contribution in [0.15, 0.2) is 78.4 Å². The minimum Gasteiger partial charge on any atom is -0.507 e. The summed E-state index contributed by atoms with van der Waals surface area (Å²) in [4.78, 5) is 28.0. The number of nitrogens with zero attached hydrogens (tertiary/aromatic N) is 3. The molecule has 10 heteroatoms. The number of hydrogen-bond donors (Lipinski definition) is 1. The largest absolute Gasteiger partial charge is 0.507 e. The molecule has 39 heavy (non-hydrogen) atoms. The molecule has 8 nitrogen and oxygen atoms in total. The molecule has 0 bridgehead atoms. The van der Waals surface area contributed by atoms with Crippen LogP contribution in [0.3, 0.4) is 0 Å². The zero-order chi connectivity index (χ0) is 27.5. The Balaban J connectivity index is 1.61. The summed E-state index contributed by atoms with van der Waals surface area (Å²) in [5, 5.41) is 20.8. The number of aromatic nitrogens is 2. The molecule has 0 spiro atoms. The van der Waals surface area contributed by atoms with Crippen LogP contribution in [0.25, 0.3) is 5.76 Å². The van der Waals surface area contributed by atoms with Gasteiger partial charge in [-0.15, -0.1) is 10.2 Å². The molecule has 0 aliphatic carbocycles. The minimum atomic E-state index is -0.976. The van der Waals surface area contributed by atoms with Crippen molar-refractivity contribution in [2.45, 2.75) is 26.5 Å². The van der Waals surface area contributed by atoms with Gasteiger partial charge < -0.3 is 14.6 Å². The van der Waals surface area contributed by atoms with Gasteiger partial charge in [-0.3, -0.25) is 14.5 Å². The molecule has 5 rings (SSSR count). The molecule has 1 atom stereocenters. The Labute approximate surface area is 234 Å². The Hall–Kier alpha value is -4.21. The predicted octanol–water partition coefficient (Wildman–Crippen LogP) is 6.10. The van der Waals surface area contributed by atoms with Crippen LogP contribution >= 0.6 is 22.9 Å². The standard InChI is InChI=1S/C29H24ClN3O5S/c1-3-37-23-15-20(11-14-22(23)38-16-18-7-5-4-6-8-18)25-24(26(34)19-9-12-21(30)13-10-19)27(35)28(36)33(25)29-32-31-17(2)39-29/h4-15,25,34H,3,16H2,1-2H3/b26-24+. The van der Waals surface area contributed by atoms with E-state index >= 15 is 0 Å². The third-order valence-electron chi connectivity index (χ3n) is 6.10. The van der Waals surface area contributed by atoms with Crippen molar-refractivity contribution in [2.75, 3.05) is 11.5 Å². The maximum atomic E-state index is 13.4. The summed E-state index contributed by atoms with van der Waals surface area (Å²) in [5.41, 5.74) is 1.80. The Bertz CT molecular complexity index is 1550. The van der Waals surface area contributed by atoms with Crippen molar-refractivity contribution in [3.05, 3.63) is 105 Å². The second kappa shape index (κ2) is 11.3. The first-order valence-corrected chi connectivity index (χ1v) is 13.4. The summed E-state index contributed by atoms with van der Waals surface area (Å²) in [6, 6.07) is 20.3. The van der Waals surface area contributed by atoms with Crippen molar-refractivity contribution in [3.63, 3.8) is 0 Å². The average Bonchev–Trinajstić information content (AvgIpc) is 3.48. The molecule has 3 aromatic carbocycles. The fourth-order valence-electron chi connectivity index (χ4n) is 4.31. The second-order valence-electron chi connectivity index (χ2n) is 8.69. The number of amides is 1. The number of aliphatic hydroxyl groups excluding tert-OH is 1. The zero-order valence-electron chi connectivity index (χ0n) is 21.1. The molecule has 0 radical (unpaired) electrons. The van der Waals surface area contributed by atoms with Gasteiger partial charge in [-0.1, -0.05) is 59.3 Å². The lowest BCUT2D eigenvalue weighted by Crippen LogP contribution is -2.29. The molecule has 0 saturated carbocycles. The van der Waals surface area contributed by atoms with Gasteiger partial charge in [0.25, 0.3) is 5.78 Å².